The van der Waals surface area contributed by atoms with Crippen LogP contribution in [0.1, 0.15) is 30.9 Å². The van der Waals surface area contributed by atoms with Gasteiger partial charge in [-0.05, 0) is 37.0 Å². The summed E-state index contributed by atoms with van der Waals surface area (Å²) in [5.41, 5.74) is 1.83. The molecule has 1 amide bonds. The van der Waals surface area contributed by atoms with Gasteiger partial charge in [0.15, 0.2) is 11.5 Å². The van der Waals surface area contributed by atoms with Crippen molar-refractivity contribution in [3.05, 3.63) is 54.1 Å². The maximum Gasteiger partial charge on any atom is 0.249 e. The number of amides is 1. The highest BCUT2D eigenvalue weighted by atomic mass is 16.6. The molecule has 0 saturated carbocycles. The van der Waals surface area contributed by atoms with Gasteiger partial charge in [0.25, 0.3) is 0 Å². The highest BCUT2D eigenvalue weighted by Gasteiger charge is 2.27. The molecule has 0 spiro atoms. The molecule has 2 heterocycles. The van der Waals surface area contributed by atoms with Gasteiger partial charge in [-0.2, -0.15) is 0 Å². The molecule has 1 saturated heterocycles. The van der Waals surface area contributed by atoms with Gasteiger partial charge in [-0.1, -0.05) is 30.3 Å². The summed E-state index contributed by atoms with van der Waals surface area (Å²) in [6, 6.07) is 15.2. The van der Waals surface area contributed by atoms with Crippen molar-refractivity contribution >= 4 is 11.6 Å². The fraction of sp³-hybridized carbons (Fsp3) is 0.381. The maximum atomic E-state index is 13.2. The summed E-state index contributed by atoms with van der Waals surface area (Å²) in [7, 11) is 0. The number of likely N-dealkylation sites (tertiary alicyclic amines) is 1. The van der Waals surface area contributed by atoms with Crippen LogP contribution in [-0.2, 0) is 4.79 Å². The lowest BCUT2D eigenvalue weighted by molar-refractivity contribution is -0.133. The smallest absolute Gasteiger partial charge is 0.249 e. The molecule has 4 rings (SSSR count). The molecule has 1 atom stereocenters. The molecule has 1 fully saturated rings. The normalized spacial score (nSPS) is 17.5. The van der Waals surface area contributed by atoms with Gasteiger partial charge in [0, 0.05) is 24.8 Å². The van der Waals surface area contributed by atoms with E-state index in [1.807, 2.05) is 53.4 Å². The van der Waals surface area contributed by atoms with Crippen LogP contribution in [0, 0.1) is 0 Å². The molecular weight excluding hydrogens is 328 g/mol. The summed E-state index contributed by atoms with van der Waals surface area (Å²) in [5, 5.41) is 3.42. The molecule has 0 bridgehead atoms. The highest BCUT2D eigenvalue weighted by Crippen LogP contribution is 2.34. The molecule has 0 radical (unpaired) electrons. The largest absolute Gasteiger partial charge is 0.486 e. The molecule has 26 heavy (non-hydrogen) atoms. The van der Waals surface area contributed by atoms with Crippen LogP contribution in [0.25, 0.3) is 0 Å². The Balaban J connectivity index is 1.59. The quantitative estimate of drug-likeness (QED) is 0.913. The van der Waals surface area contributed by atoms with Gasteiger partial charge in [-0.3, -0.25) is 4.79 Å². The van der Waals surface area contributed by atoms with E-state index in [1.165, 1.54) is 6.42 Å². The van der Waals surface area contributed by atoms with E-state index in [0.29, 0.717) is 13.2 Å². The van der Waals surface area contributed by atoms with E-state index in [4.69, 9.17) is 9.47 Å². The summed E-state index contributed by atoms with van der Waals surface area (Å²) in [5.74, 6) is 1.60. The fourth-order valence-electron chi connectivity index (χ4n) is 3.53. The summed E-state index contributed by atoms with van der Waals surface area (Å²) in [4.78, 5) is 15.2. The molecule has 0 aliphatic carbocycles. The van der Waals surface area contributed by atoms with Crippen molar-refractivity contribution in [3.63, 3.8) is 0 Å². The first-order valence-electron chi connectivity index (χ1n) is 9.31. The number of nitrogens with zero attached hydrogens (tertiary/aromatic N) is 1. The van der Waals surface area contributed by atoms with E-state index >= 15 is 0 Å². The first-order chi connectivity index (χ1) is 12.8. The summed E-state index contributed by atoms with van der Waals surface area (Å²) < 4.78 is 11.3. The average molecular weight is 352 g/mol. The second kappa shape index (κ2) is 7.68. The third-order valence-corrected chi connectivity index (χ3v) is 4.90. The maximum absolute atomic E-state index is 13.2. The van der Waals surface area contributed by atoms with E-state index in [-0.39, 0.29) is 5.91 Å². The first-order valence-corrected chi connectivity index (χ1v) is 9.31. The molecule has 2 aromatic rings. The van der Waals surface area contributed by atoms with Crippen LogP contribution in [0.5, 0.6) is 11.5 Å². The van der Waals surface area contributed by atoms with Crippen LogP contribution >= 0.6 is 0 Å². The fourth-order valence-corrected chi connectivity index (χ4v) is 3.53. The minimum Gasteiger partial charge on any atom is -0.486 e. The average Bonchev–Trinajstić information content (AvgIpc) is 2.73. The molecule has 1 N–H and O–H groups in total. The van der Waals surface area contributed by atoms with Crippen LogP contribution in [0.3, 0.4) is 0 Å². The Morgan fingerprint density at radius 1 is 0.923 bits per heavy atom. The zero-order valence-corrected chi connectivity index (χ0v) is 14.8. The number of ether oxygens (including phenoxy) is 2. The lowest BCUT2D eigenvalue weighted by Gasteiger charge is -2.31. The molecule has 2 aliphatic heterocycles. The molecule has 2 aliphatic rings. The summed E-state index contributed by atoms with van der Waals surface area (Å²) >= 11 is 0. The van der Waals surface area contributed by atoms with Crippen molar-refractivity contribution < 1.29 is 14.3 Å². The molecule has 136 valence electrons. The van der Waals surface area contributed by atoms with Gasteiger partial charge in [0.2, 0.25) is 5.91 Å². The Morgan fingerprint density at radius 3 is 2.42 bits per heavy atom. The molecule has 5 heteroatoms. The van der Waals surface area contributed by atoms with Gasteiger partial charge in [0.05, 0.1) is 0 Å². The lowest BCUT2D eigenvalue weighted by Crippen LogP contribution is -2.41. The zero-order chi connectivity index (χ0) is 17.8. The third kappa shape index (κ3) is 3.62. The van der Waals surface area contributed by atoms with E-state index in [9.17, 15) is 4.79 Å². The number of nitrogens with one attached hydrogen (secondary N) is 1. The van der Waals surface area contributed by atoms with Crippen LogP contribution in [0.4, 0.5) is 5.69 Å². The van der Waals surface area contributed by atoms with Gasteiger partial charge < -0.3 is 19.7 Å². The first kappa shape index (κ1) is 16.8. The molecular formula is C21H24N2O3. The number of hydrogen-bond donors (Lipinski definition) is 1. The molecule has 1 unspecified atom stereocenters. The van der Waals surface area contributed by atoms with E-state index in [1.54, 1.807) is 0 Å². The van der Waals surface area contributed by atoms with Crippen LogP contribution in [0.2, 0.25) is 0 Å². The second-order valence-corrected chi connectivity index (χ2v) is 6.73. The zero-order valence-electron chi connectivity index (χ0n) is 14.8. The molecule has 5 nitrogen and oxygen atoms in total. The van der Waals surface area contributed by atoms with Gasteiger partial charge in [-0.25, -0.2) is 0 Å². The number of piperidine rings is 1. The number of hydrogen-bond acceptors (Lipinski definition) is 4. The third-order valence-electron chi connectivity index (χ3n) is 4.90. The van der Waals surface area contributed by atoms with Gasteiger partial charge in [0.1, 0.15) is 19.3 Å². The standard InChI is InChI=1S/C21H24N2O3/c24-21(23-11-5-2-6-12-23)20(16-7-3-1-4-8-16)22-17-9-10-18-19(15-17)26-14-13-25-18/h1,3-4,7-10,15,20,22H,2,5-6,11-14H2. The Morgan fingerprint density at radius 2 is 1.65 bits per heavy atom. The van der Waals surface area contributed by atoms with Crippen LogP contribution < -0.4 is 14.8 Å². The minimum absolute atomic E-state index is 0.130. The monoisotopic (exact) mass is 352 g/mol. The topological polar surface area (TPSA) is 50.8 Å². The lowest BCUT2D eigenvalue weighted by atomic mass is 10.0. The predicted molar refractivity (Wildman–Crippen MR) is 101 cm³/mol. The molecule has 2 aromatic carbocycles. The van der Waals surface area contributed by atoms with Crippen molar-refractivity contribution in [2.45, 2.75) is 25.3 Å². The summed E-state index contributed by atoms with van der Waals surface area (Å²) in [6.45, 7) is 2.79. The van der Waals surface area contributed by atoms with E-state index in [2.05, 4.69) is 5.32 Å². The van der Waals surface area contributed by atoms with E-state index in [0.717, 1.165) is 48.7 Å². The van der Waals surface area contributed by atoms with Crippen molar-refractivity contribution in [1.82, 2.24) is 4.90 Å². The summed E-state index contributed by atoms with van der Waals surface area (Å²) in [6.07, 6.45) is 3.37. The SMILES string of the molecule is O=C(C(Nc1ccc2c(c1)OCCO2)c1ccccc1)N1CCCCC1. The number of benzene rings is 2. The van der Waals surface area contributed by atoms with Crippen LogP contribution in [-0.4, -0.2) is 37.1 Å². The van der Waals surface area contributed by atoms with Crippen molar-refractivity contribution in [2.24, 2.45) is 0 Å². The van der Waals surface area contributed by atoms with Crippen molar-refractivity contribution in [3.8, 4) is 11.5 Å². The van der Waals surface area contributed by atoms with Gasteiger partial charge in [-0.15, -0.1) is 0 Å². The Labute approximate surface area is 153 Å². The number of rotatable bonds is 4. The van der Waals surface area contributed by atoms with Gasteiger partial charge >= 0.3 is 0 Å². The molecule has 0 aromatic heterocycles. The minimum atomic E-state index is -0.406. The number of carbonyl (C=O) groups excluding carboxylic acids is 1. The Hall–Kier alpha value is -2.69. The number of carbonyl (C=O) groups is 1. The number of fused-ring (bicyclic) bond motifs is 1. The Bertz CT molecular complexity index is 757. The second-order valence-electron chi connectivity index (χ2n) is 6.73. The van der Waals surface area contributed by atoms with Crippen molar-refractivity contribution in [2.75, 3.05) is 31.6 Å². The Kier molecular flexibility index (Phi) is 4.95. The highest BCUT2D eigenvalue weighted by molar-refractivity contribution is 5.86. The number of anilines is 1. The van der Waals surface area contributed by atoms with Crippen LogP contribution in [0.15, 0.2) is 48.5 Å². The van der Waals surface area contributed by atoms with Crippen molar-refractivity contribution in [1.29, 1.82) is 0 Å². The van der Waals surface area contributed by atoms with E-state index < -0.39 is 6.04 Å². The predicted octanol–water partition coefficient (Wildman–Crippen LogP) is 3.62.